The van der Waals surface area contributed by atoms with Crippen LogP contribution >= 0.6 is 0 Å². The van der Waals surface area contributed by atoms with Gasteiger partial charge in [0.1, 0.15) is 0 Å². The number of rotatable bonds is 13. The predicted octanol–water partition coefficient (Wildman–Crippen LogP) is 9.13. The molecule has 2 aliphatic heterocycles. The summed E-state index contributed by atoms with van der Waals surface area (Å²) >= 11 is 0. The molecule has 0 saturated carbocycles. The summed E-state index contributed by atoms with van der Waals surface area (Å²) in [7, 11) is 1.82. The van der Waals surface area contributed by atoms with Crippen molar-refractivity contribution < 1.29 is 9.53 Å². The van der Waals surface area contributed by atoms with Crippen LogP contribution in [0.5, 0.6) is 0 Å². The second kappa shape index (κ2) is 19.1. The molecule has 5 nitrogen and oxygen atoms in total. The largest absolute Gasteiger partial charge is 0.378 e. The molecule has 0 radical (unpaired) electrons. The van der Waals surface area contributed by atoms with Gasteiger partial charge in [0.05, 0.1) is 13.2 Å². The summed E-state index contributed by atoms with van der Waals surface area (Å²) in [6.45, 7) is 13.3. The van der Waals surface area contributed by atoms with E-state index in [-0.39, 0.29) is 5.91 Å². The van der Waals surface area contributed by atoms with E-state index in [1.807, 2.05) is 18.2 Å². The van der Waals surface area contributed by atoms with Crippen molar-refractivity contribution in [1.82, 2.24) is 9.80 Å². The Kier molecular flexibility index (Phi) is 14.6. The van der Waals surface area contributed by atoms with Crippen LogP contribution in [-0.2, 0) is 9.53 Å². The number of morpholine rings is 1. The van der Waals surface area contributed by atoms with Gasteiger partial charge in [-0.1, -0.05) is 99.1 Å². The van der Waals surface area contributed by atoms with Gasteiger partial charge in [-0.2, -0.15) is 0 Å². The first kappa shape index (κ1) is 35.2. The number of hydrogen-bond acceptors (Lipinski definition) is 4. The normalized spacial score (nSPS) is 19.4. The first-order valence-corrected chi connectivity index (χ1v) is 17.5. The molecule has 0 spiro atoms. The Hall–Kier alpha value is -3.70. The van der Waals surface area contributed by atoms with E-state index in [0.717, 1.165) is 62.8 Å². The molecule has 2 heterocycles. The summed E-state index contributed by atoms with van der Waals surface area (Å²) in [5, 5.41) is 0. The molecule has 0 N–H and O–H groups in total. The Bertz CT molecular complexity index is 1370. The number of allylic oxidation sites excluding steroid dienone is 9. The maximum atomic E-state index is 13.1. The van der Waals surface area contributed by atoms with Gasteiger partial charge in [-0.3, -0.25) is 9.79 Å². The van der Waals surface area contributed by atoms with E-state index in [1.54, 1.807) is 5.57 Å². The van der Waals surface area contributed by atoms with Gasteiger partial charge in [-0.05, 0) is 85.8 Å². The second-order valence-electron chi connectivity index (χ2n) is 12.5. The van der Waals surface area contributed by atoms with Crippen LogP contribution in [0.3, 0.4) is 0 Å². The van der Waals surface area contributed by atoms with Crippen molar-refractivity contribution in [3.05, 3.63) is 106 Å². The fraction of sp³-hybridized carbons (Fsp3) is 0.463. The molecule has 0 aromatic heterocycles. The molecule has 4 rings (SSSR count). The van der Waals surface area contributed by atoms with Gasteiger partial charge in [-0.25, -0.2) is 0 Å². The summed E-state index contributed by atoms with van der Waals surface area (Å²) in [6, 6.07) is 8.88. The highest BCUT2D eigenvalue weighted by atomic mass is 16.5. The molecule has 3 aliphatic rings. The lowest BCUT2D eigenvalue weighted by Gasteiger charge is -2.32. The lowest BCUT2D eigenvalue weighted by Crippen LogP contribution is -2.41. The Morgan fingerprint density at radius 2 is 1.72 bits per heavy atom. The topological polar surface area (TPSA) is 45.1 Å². The Morgan fingerprint density at radius 3 is 2.43 bits per heavy atom. The van der Waals surface area contributed by atoms with Crippen molar-refractivity contribution >= 4 is 23.8 Å². The van der Waals surface area contributed by atoms with Crippen molar-refractivity contribution in [3.8, 4) is 0 Å². The molecule has 46 heavy (non-hydrogen) atoms. The van der Waals surface area contributed by atoms with Crippen LogP contribution in [0.25, 0.3) is 11.6 Å². The lowest BCUT2D eigenvalue weighted by molar-refractivity contribution is -0.131. The molecule has 1 amide bonds. The average Bonchev–Trinajstić information content (AvgIpc) is 3.06. The quantitative estimate of drug-likeness (QED) is 0.125. The van der Waals surface area contributed by atoms with Crippen LogP contribution in [0.2, 0.25) is 0 Å². The van der Waals surface area contributed by atoms with Crippen molar-refractivity contribution in [2.24, 2.45) is 4.99 Å². The standard InChI is InChI=1S/C41H55N3O2/c1-5-12-34(13-6-2)14-8-7-9-15-35-18-20-36(21-19-35)38-30-33(3)31-39(32-38)40(22-23-42-4)43-24-10-16-37(17-11-25-43)41(45)44-26-28-46-29-27-44/h9,14-16,18-23,30,32H,3,5-8,10-13,17,24-29,31H2,1-2,4H3/b15-9+,37-16-,40-22+,42-23-. The third-order valence-corrected chi connectivity index (χ3v) is 8.86. The zero-order valence-electron chi connectivity index (χ0n) is 28.6. The molecule has 0 unspecified atom stereocenters. The van der Waals surface area contributed by atoms with E-state index in [1.165, 1.54) is 53.7 Å². The molecule has 1 aromatic carbocycles. The number of amides is 1. The summed E-state index contributed by atoms with van der Waals surface area (Å²) in [6.07, 6.45) is 28.2. The Morgan fingerprint density at radius 1 is 0.957 bits per heavy atom. The van der Waals surface area contributed by atoms with E-state index in [0.29, 0.717) is 26.3 Å². The van der Waals surface area contributed by atoms with Gasteiger partial charge in [0.2, 0.25) is 5.91 Å². The third kappa shape index (κ3) is 10.7. The molecular weight excluding hydrogens is 566 g/mol. The number of carbonyl (C=O) groups excluding carboxylic acids is 1. The number of unbranched alkanes of at least 4 members (excludes halogenated alkanes) is 1. The van der Waals surface area contributed by atoms with Crippen LogP contribution in [0.4, 0.5) is 0 Å². The van der Waals surface area contributed by atoms with Crippen LogP contribution in [0.15, 0.2) is 100 Å². The maximum absolute atomic E-state index is 13.1. The van der Waals surface area contributed by atoms with Crippen LogP contribution in [0, 0.1) is 0 Å². The van der Waals surface area contributed by atoms with E-state index >= 15 is 0 Å². The molecule has 0 atom stereocenters. The Balaban J connectivity index is 1.42. The minimum atomic E-state index is 0.189. The SMILES string of the molecule is C=C1C=C(c2ccc(/C=C/CCC=C(CCC)CCC)cc2)C=C(/C(=C\C=N/C)N2CC/C=C(\C(=O)N3CCOCC3)CCC2)C1. The number of ether oxygens (including phenoxy) is 1. The molecule has 1 saturated heterocycles. The molecule has 246 valence electrons. The maximum Gasteiger partial charge on any atom is 0.249 e. The van der Waals surface area contributed by atoms with Crippen LogP contribution in [0.1, 0.15) is 89.2 Å². The van der Waals surface area contributed by atoms with Crippen LogP contribution < -0.4 is 0 Å². The minimum Gasteiger partial charge on any atom is -0.378 e. The number of nitrogens with zero attached hydrogens (tertiary/aromatic N) is 3. The molecular formula is C41H55N3O2. The number of aliphatic imine (C=N–C) groups is 1. The number of hydrogen-bond donors (Lipinski definition) is 0. The zero-order valence-corrected chi connectivity index (χ0v) is 28.6. The smallest absolute Gasteiger partial charge is 0.249 e. The highest BCUT2D eigenvalue weighted by Crippen LogP contribution is 2.33. The molecule has 1 fully saturated rings. The van der Waals surface area contributed by atoms with E-state index in [9.17, 15) is 4.79 Å². The van der Waals surface area contributed by atoms with Gasteiger partial charge in [0, 0.05) is 50.7 Å². The summed E-state index contributed by atoms with van der Waals surface area (Å²) < 4.78 is 5.44. The van der Waals surface area contributed by atoms with E-state index in [2.05, 4.69) is 97.1 Å². The highest BCUT2D eigenvalue weighted by Gasteiger charge is 2.23. The molecule has 0 bridgehead atoms. The summed E-state index contributed by atoms with van der Waals surface area (Å²) in [5.41, 5.74) is 9.77. The van der Waals surface area contributed by atoms with Crippen molar-refractivity contribution in [1.29, 1.82) is 0 Å². The first-order valence-electron chi connectivity index (χ1n) is 17.5. The molecule has 1 aliphatic carbocycles. The molecule has 1 aromatic rings. The van der Waals surface area contributed by atoms with Crippen molar-refractivity contribution in [2.45, 2.75) is 78.1 Å². The fourth-order valence-electron chi connectivity index (χ4n) is 6.52. The predicted molar refractivity (Wildman–Crippen MR) is 196 cm³/mol. The van der Waals surface area contributed by atoms with Gasteiger partial charge >= 0.3 is 0 Å². The molecule has 5 heteroatoms. The van der Waals surface area contributed by atoms with E-state index in [4.69, 9.17) is 4.74 Å². The van der Waals surface area contributed by atoms with Crippen molar-refractivity contribution in [2.75, 3.05) is 46.4 Å². The zero-order chi connectivity index (χ0) is 32.6. The van der Waals surface area contributed by atoms with Crippen LogP contribution in [-0.4, -0.2) is 68.4 Å². The minimum absolute atomic E-state index is 0.189. The average molecular weight is 622 g/mol. The van der Waals surface area contributed by atoms with Crippen molar-refractivity contribution in [3.63, 3.8) is 0 Å². The third-order valence-electron chi connectivity index (χ3n) is 8.86. The monoisotopic (exact) mass is 621 g/mol. The van der Waals surface area contributed by atoms with Gasteiger partial charge in [-0.15, -0.1) is 0 Å². The van der Waals surface area contributed by atoms with Gasteiger partial charge in [0.25, 0.3) is 0 Å². The highest BCUT2D eigenvalue weighted by molar-refractivity contribution is 5.93. The number of benzene rings is 1. The van der Waals surface area contributed by atoms with Gasteiger partial charge < -0.3 is 14.5 Å². The van der Waals surface area contributed by atoms with Gasteiger partial charge in [0.15, 0.2) is 0 Å². The lowest BCUT2D eigenvalue weighted by atomic mass is 9.89. The number of carbonyl (C=O) groups is 1. The fourth-order valence-corrected chi connectivity index (χ4v) is 6.52. The summed E-state index contributed by atoms with van der Waals surface area (Å²) in [5.74, 6) is 0.189. The Labute approximate surface area is 278 Å². The second-order valence-corrected chi connectivity index (χ2v) is 12.5. The first-order chi connectivity index (χ1) is 22.5. The van der Waals surface area contributed by atoms with E-state index < -0.39 is 0 Å². The summed E-state index contributed by atoms with van der Waals surface area (Å²) in [4.78, 5) is 21.8.